The minimum absolute atomic E-state index is 0.310. The lowest BCUT2D eigenvalue weighted by Gasteiger charge is -2.21. The number of rotatable bonds is 3. The van der Waals surface area contributed by atoms with Crippen LogP contribution in [-0.2, 0) is 24.1 Å². The highest BCUT2D eigenvalue weighted by molar-refractivity contribution is 6.16. The maximum atomic E-state index is 5.73. The summed E-state index contributed by atoms with van der Waals surface area (Å²) in [6.07, 6.45) is 4.72. The van der Waals surface area contributed by atoms with Gasteiger partial charge >= 0.3 is 0 Å². The minimum Gasteiger partial charge on any atom is -0.378 e. The maximum absolute atomic E-state index is 5.73. The lowest BCUT2D eigenvalue weighted by Crippen LogP contribution is -2.23. The van der Waals surface area contributed by atoms with Gasteiger partial charge in [-0.05, 0) is 19.3 Å². The van der Waals surface area contributed by atoms with Gasteiger partial charge in [0.05, 0.1) is 12.0 Å². The first-order valence-electron chi connectivity index (χ1n) is 5.36. The Morgan fingerprint density at radius 3 is 2.80 bits per heavy atom. The molecule has 1 aromatic heterocycles. The molecule has 0 bridgehead atoms. The second kappa shape index (κ2) is 4.94. The Kier molecular flexibility index (Phi) is 3.59. The van der Waals surface area contributed by atoms with Gasteiger partial charge in [0.25, 0.3) is 0 Å². The Morgan fingerprint density at radius 1 is 1.40 bits per heavy atom. The second-order valence-electron chi connectivity index (χ2n) is 3.92. The third kappa shape index (κ3) is 2.49. The normalized spacial score (nSPS) is 21.9. The molecule has 5 heteroatoms. The topological polar surface area (TPSA) is 39.9 Å². The van der Waals surface area contributed by atoms with Gasteiger partial charge in [-0.1, -0.05) is 0 Å². The predicted octanol–water partition coefficient (Wildman–Crippen LogP) is 1.67. The van der Waals surface area contributed by atoms with Crippen LogP contribution in [0, 0.1) is 0 Å². The summed E-state index contributed by atoms with van der Waals surface area (Å²) in [6.45, 7) is 0.880. The van der Waals surface area contributed by atoms with Crippen LogP contribution in [0.15, 0.2) is 0 Å². The van der Waals surface area contributed by atoms with E-state index in [0.29, 0.717) is 12.0 Å². The Hall–Kier alpha value is -0.610. The van der Waals surface area contributed by atoms with Crippen molar-refractivity contribution in [3.05, 3.63) is 11.6 Å². The molecule has 1 fully saturated rings. The van der Waals surface area contributed by atoms with Crippen molar-refractivity contribution in [2.24, 2.45) is 7.05 Å². The van der Waals surface area contributed by atoms with E-state index in [2.05, 4.69) is 10.2 Å². The van der Waals surface area contributed by atoms with Crippen LogP contribution in [0.25, 0.3) is 0 Å². The molecular weight excluding hydrogens is 214 g/mol. The number of ether oxygens (including phenoxy) is 1. The fraction of sp³-hybridized carbons (Fsp3) is 0.800. The first-order valence-corrected chi connectivity index (χ1v) is 5.89. The number of aromatic nitrogens is 3. The van der Waals surface area contributed by atoms with Gasteiger partial charge in [-0.15, -0.1) is 21.8 Å². The van der Waals surface area contributed by atoms with Crippen LogP contribution in [0.2, 0.25) is 0 Å². The molecule has 1 unspecified atom stereocenters. The molecule has 4 nitrogen and oxygen atoms in total. The van der Waals surface area contributed by atoms with E-state index in [1.165, 1.54) is 12.8 Å². The van der Waals surface area contributed by atoms with Crippen molar-refractivity contribution < 1.29 is 4.74 Å². The van der Waals surface area contributed by atoms with Crippen LogP contribution < -0.4 is 0 Å². The van der Waals surface area contributed by atoms with Gasteiger partial charge < -0.3 is 9.30 Å². The summed E-state index contributed by atoms with van der Waals surface area (Å²) in [5.74, 6) is 2.20. The predicted molar refractivity (Wildman–Crippen MR) is 57.9 cm³/mol. The van der Waals surface area contributed by atoms with Crippen LogP contribution in [0.3, 0.4) is 0 Å². The summed E-state index contributed by atoms with van der Waals surface area (Å²) >= 11 is 5.73. The van der Waals surface area contributed by atoms with Crippen LogP contribution >= 0.6 is 11.6 Å². The molecule has 84 valence electrons. The summed E-state index contributed by atoms with van der Waals surface area (Å²) < 4.78 is 7.63. The molecule has 1 atom stereocenters. The molecule has 1 aliphatic heterocycles. The largest absolute Gasteiger partial charge is 0.378 e. The summed E-state index contributed by atoms with van der Waals surface area (Å²) in [7, 11) is 1.95. The molecule has 2 rings (SSSR count). The van der Waals surface area contributed by atoms with Crippen molar-refractivity contribution in [3.8, 4) is 0 Å². The van der Waals surface area contributed by atoms with Gasteiger partial charge in [0.1, 0.15) is 11.6 Å². The van der Waals surface area contributed by atoms with Gasteiger partial charge in [-0.2, -0.15) is 0 Å². The Morgan fingerprint density at radius 2 is 2.20 bits per heavy atom. The molecule has 1 saturated heterocycles. The van der Waals surface area contributed by atoms with E-state index in [1.54, 1.807) is 0 Å². The molecule has 1 aliphatic rings. The van der Waals surface area contributed by atoms with E-state index < -0.39 is 0 Å². The van der Waals surface area contributed by atoms with Crippen LogP contribution in [0.4, 0.5) is 0 Å². The summed E-state index contributed by atoms with van der Waals surface area (Å²) in [5.41, 5.74) is 0. The molecule has 0 spiro atoms. The van der Waals surface area contributed by atoms with Gasteiger partial charge in [0, 0.05) is 20.1 Å². The zero-order chi connectivity index (χ0) is 10.7. The quantitative estimate of drug-likeness (QED) is 0.741. The highest BCUT2D eigenvalue weighted by atomic mass is 35.5. The van der Waals surface area contributed by atoms with E-state index in [4.69, 9.17) is 16.3 Å². The van der Waals surface area contributed by atoms with Crippen molar-refractivity contribution in [2.75, 3.05) is 6.61 Å². The second-order valence-corrected chi connectivity index (χ2v) is 4.19. The zero-order valence-electron chi connectivity index (χ0n) is 8.95. The molecule has 0 saturated carbocycles. The molecular formula is C10H16ClN3O. The minimum atomic E-state index is 0.310. The van der Waals surface area contributed by atoms with Crippen molar-refractivity contribution in [3.63, 3.8) is 0 Å². The molecule has 1 aromatic rings. The number of hydrogen-bond donors (Lipinski definition) is 0. The smallest absolute Gasteiger partial charge is 0.147 e. The third-order valence-corrected chi connectivity index (χ3v) is 3.10. The average Bonchev–Trinajstić information content (AvgIpc) is 2.62. The van der Waals surface area contributed by atoms with E-state index in [1.807, 2.05) is 11.6 Å². The highest BCUT2D eigenvalue weighted by Crippen LogP contribution is 2.16. The van der Waals surface area contributed by atoms with Crippen molar-refractivity contribution in [2.45, 2.75) is 37.7 Å². The first-order chi connectivity index (χ1) is 7.31. The van der Waals surface area contributed by atoms with Crippen molar-refractivity contribution in [1.82, 2.24) is 14.8 Å². The van der Waals surface area contributed by atoms with Gasteiger partial charge in [-0.3, -0.25) is 0 Å². The summed E-state index contributed by atoms with van der Waals surface area (Å²) in [6, 6.07) is 0. The fourth-order valence-electron chi connectivity index (χ4n) is 1.86. The van der Waals surface area contributed by atoms with Crippen molar-refractivity contribution >= 4 is 11.6 Å². The molecule has 0 amide bonds. The first kappa shape index (κ1) is 10.9. The molecule has 2 heterocycles. The van der Waals surface area contributed by atoms with Crippen LogP contribution in [0.5, 0.6) is 0 Å². The van der Waals surface area contributed by atoms with E-state index >= 15 is 0 Å². The standard InChI is InChI=1S/C10H16ClN3O/c1-14-9(12-13-10(14)7-11)6-8-4-2-3-5-15-8/h8H,2-7H2,1H3. The highest BCUT2D eigenvalue weighted by Gasteiger charge is 2.17. The Bertz CT molecular complexity index is 320. The summed E-state index contributed by atoms with van der Waals surface area (Å²) in [5, 5.41) is 8.15. The molecule has 0 aromatic carbocycles. The maximum Gasteiger partial charge on any atom is 0.147 e. The lowest BCUT2D eigenvalue weighted by atomic mass is 10.1. The van der Waals surface area contributed by atoms with Crippen LogP contribution in [-0.4, -0.2) is 27.5 Å². The van der Waals surface area contributed by atoms with E-state index in [0.717, 1.165) is 31.1 Å². The SMILES string of the molecule is Cn1c(CCl)nnc1CC1CCCCO1. The fourth-order valence-corrected chi connectivity index (χ4v) is 2.10. The number of nitrogens with zero attached hydrogens (tertiary/aromatic N) is 3. The van der Waals surface area contributed by atoms with E-state index in [9.17, 15) is 0 Å². The number of alkyl halides is 1. The lowest BCUT2D eigenvalue weighted by molar-refractivity contribution is 0.0152. The third-order valence-electron chi connectivity index (χ3n) is 2.86. The molecule has 15 heavy (non-hydrogen) atoms. The molecule has 0 radical (unpaired) electrons. The Labute approximate surface area is 94.6 Å². The van der Waals surface area contributed by atoms with Gasteiger partial charge in [0.15, 0.2) is 0 Å². The van der Waals surface area contributed by atoms with Gasteiger partial charge in [-0.25, -0.2) is 0 Å². The molecule has 0 N–H and O–H groups in total. The average molecular weight is 230 g/mol. The van der Waals surface area contributed by atoms with E-state index in [-0.39, 0.29) is 0 Å². The Balaban J connectivity index is 2.00. The molecule has 0 aliphatic carbocycles. The number of hydrogen-bond acceptors (Lipinski definition) is 3. The van der Waals surface area contributed by atoms with Gasteiger partial charge in [0.2, 0.25) is 0 Å². The monoisotopic (exact) mass is 229 g/mol. The van der Waals surface area contributed by atoms with Crippen molar-refractivity contribution in [1.29, 1.82) is 0 Å². The van der Waals surface area contributed by atoms with Crippen LogP contribution in [0.1, 0.15) is 30.9 Å². The summed E-state index contributed by atoms with van der Waals surface area (Å²) in [4.78, 5) is 0. The zero-order valence-corrected chi connectivity index (χ0v) is 9.70. The number of halogens is 1.